The molecule has 7 heteroatoms. The van der Waals surface area contributed by atoms with Crippen LogP contribution in [0.3, 0.4) is 0 Å². The average molecular weight is 425 g/mol. The van der Waals surface area contributed by atoms with E-state index in [0.29, 0.717) is 6.54 Å². The predicted molar refractivity (Wildman–Crippen MR) is 107 cm³/mol. The van der Waals surface area contributed by atoms with Gasteiger partial charge >= 0.3 is 0 Å². The van der Waals surface area contributed by atoms with Gasteiger partial charge in [-0.3, -0.25) is 4.90 Å². The van der Waals surface area contributed by atoms with Crippen LogP contribution in [0.2, 0.25) is 0 Å². The van der Waals surface area contributed by atoms with E-state index in [9.17, 15) is 0 Å². The third kappa shape index (κ3) is 5.33. The molecule has 2 N–H and O–H groups in total. The Labute approximate surface area is 161 Å². The molecule has 0 bridgehead atoms. The highest BCUT2D eigenvalue weighted by atomic mass is 79.9. The third-order valence-electron chi connectivity index (χ3n) is 4.27. The van der Waals surface area contributed by atoms with E-state index in [4.69, 9.17) is 9.41 Å². The van der Waals surface area contributed by atoms with Crippen molar-refractivity contribution in [1.82, 2.24) is 15.5 Å². The zero-order valence-electron chi connectivity index (χ0n) is 14.5. The van der Waals surface area contributed by atoms with Gasteiger partial charge in [0.15, 0.2) is 5.96 Å². The number of nitrogens with one attached hydrogen (secondary N) is 2. The minimum absolute atomic E-state index is 0.247. The maximum absolute atomic E-state index is 5.69. The number of likely N-dealkylation sites (tertiary alicyclic amines) is 1. The van der Waals surface area contributed by atoms with E-state index in [2.05, 4.69) is 55.9 Å². The fourth-order valence-corrected chi connectivity index (χ4v) is 4.45. The largest absolute Gasteiger partial charge is 0.468 e. The molecule has 0 aromatic carbocycles. The molecule has 2 aromatic heterocycles. The normalized spacial score (nSPS) is 17.0. The van der Waals surface area contributed by atoms with Crippen molar-refractivity contribution in [3.63, 3.8) is 0 Å². The summed E-state index contributed by atoms with van der Waals surface area (Å²) in [5, 5.41) is 8.92. The zero-order chi connectivity index (χ0) is 17.5. The summed E-state index contributed by atoms with van der Waals surface area (Å²) in [6.45, 7) is 6.65. The summed E-state index contributed by atoms with van der Waals surface area (Å²) < 4.78 is 6.81. The molecule has 1 unspecified atom stereocenters. The molecule has 1 aliphatic rings. The first-order valence-corrected chi connectivity index (χ1v) is 10.5. The minimum Gasteiger partial charge on any atom is -0.468 e. The summed E-state index contributed by atoms with van der Waals surface area (Å²) in [5.74, 6) is 1.87. The molecule has 1 aliphatic heterocycles. The number of guanidine groups is 1. The maximum atomic E-state index is 5.69. The first kappa shape index (κ1) is 18.5. The molecule has 0 aliphatic carbocycles. The fourth-order valence-electron chi connectivity index (χ4n) is 3.07. The Balaban J connectivity index is 1.63. The SMILES string of the molecule is CCNC(=NCc1cc(Br)cs1)NCC(c1ccco1)N1CCCC1. The molecular weight excluding hydrogens is 400 g/mol. The summed E-state index contributed by atoms with van der Waals surface area (Å²) in [4.78, 5) is 8.45. The highest BCUT2D eigenvalue weighted by Crippen LogP contribution is 2.25. The molecule has 0 radical (unpaired) electrons. The first-order valence-electron chi connectivity index (χ1n) is 8.79. The molecule has 5 nitrogen and oxygen atoms in total. The van der Waals surface area contributed by atoms with Gasteiger partial charge in [-0.25, -0.2) is 4.99 Å². The van der Waals surface area contributed by atoms with Gasteiger partial charge in [0, 0.05) is 27.8 Å². The molecular formula is C18H25BrN4OS. The van der Waals surface area contributed by atoms with E-state index in [1.165, 1.54) is 17.7 Å². The lowest BCUT2D eigenvalue weighted by atomic mass is 10.2. The summed E-state index contributed by atoms with van der Waals surface area (Å²) in [5.41, 5.74) is 0. The Bertz CT molecular complexity index is 664. The number of hydrogen-bond donors (Lipinski definition) is 2. The highest BCUT2D eigenvalue weighted by molar-refractivity contribution is 9.10. The lowest BCUT2D eigenvalue weighted by molar-refractivity contribution is 0.215. The summed E-state index contributed by atoms with van der Waals surface area (Å²) in [6, 6.07) is 6.40. The van der Waals surface area contributed by atoms with E-state index in [1.54, 1.807) is 17.6 Å². The van der Waals surface area contributed by atoms with Crippen LogP contribution in [0.1, 0.15) is 36.4 Å². The van der Waals surface area contributed by atoms with Crippen LogP contribution in [0.25, 0.3) is 0 Å². The molecule has 1 fully saturated rings. The summed E-state index contributed by atoms with van der Waals surface area (Å²) >= 11 is 5.21. The van der Waals surface area contributed by atoms with Crippen LogP contribution in [-0.4, -0.2) is 37.0 Å². The van der Waals surface area contributed by atoms with Crippen molar-refractivity contribution in [3.05, 3.63) is 45.0 Å². The van der Waals surface area contributed by atoms with E-state index in [0.717, 1.165) is 42.4 Å². The topological polar surface area (TPSA) is 52.8 Å². The minimum atomic E-state index is 0.247. The van der Waals surface area contributed by atoms with Crippen LogP contribution < -0.4 is 10.6 Å². The number of hydrogen-bond acceptors (Lipinski definition) is 4. The lowest BCUT2D eigenvalue weighted by Crippen LogP contribution is -2.42. The number of aliphatic imine (C=N–C) groups is 1. The van der Waals surface area contributed by atoms with Crippen LogP contribution in [0.5, 0.6) is 0 Å². The number of thiophene rings is 1. The van der Waals surface area contributed by atoms with Gasteiger partial charge in [-0.2, -0.15) is 0 Å². The lowest BCUT2D eigenvalue weighted by Gasteiger charge is -2.26. The fraction of sp³-hybridized carbons (Fsp3) is 0.500. The van der Waals surface area contributed by atoms with E-state index < -0.39 is 0 Å². The molecule has 0 amide bonds. The van der Waals surface area contributed by atoms with Crippen molar-refractivity contribution in [1.29, 1.82) is 0 Å². The van der Waals surface area contributed by atoms with E-state index >= 15 is 0 Å². The van der Waals surface area contributed by atoms with Crippen LogP contribution in [-0.2, 0) is 6.54 Å². The van der Waals surface area contributed by atoms with Crippen LogP contribution in [0.15, 0.2) is 43.7 Å². The van der Waals surface area contributed by atoms with Crippen LogP contribution >= 0.6 is 27.3 Å². The van der Waals surface area contributed by atoms with E-state index in [-0.39, 0.29) is 6.04 Å². The monoisotopic (exact) mass is 424 g/mol. The average Bonchev–Trinajstić information content (AvgIpc) is 3.36. The number of furan rings is 1. The van der Waals surface area contributed by atoms with Gasteiger partial charge in [0.1, 0.15) is 5.76 Å². The third-order valence-corrected chi connectivity index (χ3v) is 5.96. The molecule has 1 atom stereocenters. The van der Waals surface area contributed by atoms with Crippen molar-refractivity contribution >= 4 is 33.2 Å². The second kappa shape index (κ2) is 9.40. The number of nitrogens with zero attached hydrogens (tertiary/aromatic N) is 2. The van der Waals surface area contributed by atoms with Crippen molar-refractivity contribution in [3.8, 4) is 0 Å². The highest BCUT2D eigenvalue weighted by Gasteiger charge is 2.25. The standard InChI is InChI=1S/C18H25BrN4OS/c1-2-20-18(21-11-15-10-14(19)13-25-15)22-12-16(17-6-5-9-24-17)23-7-3-4-8-23/h5-6,9-10,13,16H,2-4,7-8,11-12H2,1H3,(H2,20,21,22). The van der Waals surface area contributed by atoms with Crippen LogP contribution in [0, 0.1) is 0 Å². The molecule has 0 saturated carbocycles. The maximum Gasteiger partial charge on any atom is 0.191 e. The number of rotatable bonds is 7. The van der Waals surface area contributed by atoms with E-state index in [1.807, 2.05) is 6.07 Å². The molecule has 25 heavy (non-hydrogen) atoms. The molecule has 3 heterocycles. The predicted octanol–water partition coefficient (Wildman–Crippen LogP) is 4.00. The van der Waals surface area contributed by atoms with Crippen molar-refractivity contribution in [2.24, 2.45) is 4.99 Å². The first-order chi connectivity index (χ1) is 12.3. The Hall–Kier alpha value is -1.31. The Kier molecular flexibility index (Phi) is 6.95. The smallest absolute Gasteiger partial charge is 0.191 e. The van der Waals surface area contributed by atoms with Gasteiger partial charge in [0.2, 0.25) is 0 Å². The summed E-state index contributed by atoms with van der Waals surface area (Å²) in [7, 11) is 0. The van der Waals surface area contributed by atoms with Gasteiger partial charge in [0.25, 0.3) is 0 Å². The molecule has 0 spiro atoms. The Morgan fingerprint density at radius 3 is 2.88 bits per heavy atom. The molecule has 136 valence electrons. The van der Waals surface area contributed by atoms with Crippen molar-refractivity contribution in [2.75, 3.05) is 26.2 Å². The van der Waals surface area contributed by atoms with Crippen molar-refractivity contribution < 1.29 is 4.42 Å². The van der Waals surface area contributed by atoms with Gasteiger partial charge < -0.3 is 15.1 Å². The van der Waals surface area contributed by atoms with Crippen LogP contribution in [0.4, 0.5) is 0 Å². The van der Waals surface area contributed by atoms with Crippen molar-refractivity contribution in [2.45, 2.75) is 32.4 Å². The molecule has 2 aromatic rings. The second-order valence-corrected chi connectivity index (χ2v) is 7.99. The summed E-state index contributed by atoms with van der Waals surface area (Å²) in [6.07, 6.45) is 4.28. The van der Waals surface area contributed by atoms with Gasteiger partial charge in [0.05, 0.1) is 18.8 Å². The van der Waals surface area contributed by atoms with Gasteiger partial charge in [-0.15, -0.1) is 11.3 Å². The Morgan fingerprint density at radius 2 is 2.24 bits per heavy atom. The quantitative estimate of drug-likeness (QED) is 0.520. The molecule has 3 rings (SSSR count). The number of halogens is 1. The van der Waals surface area contributed by atoms with Gasteiger partial charge in [-0.05, 0) is 67.0 Å². The van der Waals surface area contributed by atoms with Gasteiger partial charge in [-0.1, -0.05) is 0 Å². The molecule has 1 saturated heterocycles. The zero-order valence-corrected chi connectivity index (χ0v) is 16.9. The Morgan fingerprint density at radius 1 is 1.40 bits per heavy atom. The second-order valence-electron chi connectivity index (χ2n) is 6.08.